The van der Waals surface area contributed by atoms with Crippen molar-refractivity contribution < 1.29 is 18.0 Å². The van der Waals surface area contributed by atoms with Crippen LogP contribution < -0.4 is 9.62 Å². The maximum atomic E-state index is 14.5. The Morgan fingerprint density at radius 3 is 2.13 bits per heavy atom. The number of halogens is 2. The van der Waals surface area contributed by atoms with Gasteiger partial charge in [-0.15, -0.1) is 0 Å². The maximum Gasteiger partial charge on any atom is 0.264 e. The largest absolute Gasteiger partial charge is 0.354 e. The zero-order chi connectivity index (χ0) is 32.6. The van der Waals surface area contributed by atoms with Gasteiger partial charge in [-0.1, -0.05) is 90.3 Å². The molecule has 0 aliphatic rings. The number of aryl methyl sites for hydroxylation is 2. The summed E-state index contributed by atoms with van der Waals surface area (Å²) in [6.07, 6.45) is 0.942. The minimum absolute atomic E-state index is 0.0362. The Kier molecular flexibility index (Phi) is 11.7. The lowest BCUT2D eigenvalue weighted by molar-refractivity contribution is -0.140. The van der Waals surface area contributed by atoms with Crippen molar-refractivity contribution in [2.75, 3.05) is 17.4 Å². The molecule has 0 aliphatic heterocycles. The van der Waals surface area contributed by atoms with E-state index in [1.165, 1.54) is 17.0 Å². The molecule has 0 unspecified atom stereocenters. The van der Waals surface area contributed by atoms with E-state index in [9.17, 15) is 18.0 Å². The van der Waals surface area contributed by atoms with Crippen LogP contribution in [0.15, 0.2) is 102 Å². The SMILES string of the molecule is CCCNC(=O)[C@H](Cc1ccccc1)N(Cc1cccc(Cl)c1)C(=O)CN(c1ccc(Cl)cc1C)S(=O)(=O)c1ccc(C)cc1. The van der Waals surface area contributed by atoms with Crippen molar-refractivity contribution in [1.82, 2.24) is 10.2 Å². The maximum absolute atomic E-state index is 14.5. The van der Waals surface area contributed by atoms with E-state index in [0.717, 1.165) is 15.4 Å². The molecule has 0 radical (unpaired) electrons. The quantitative estimate of drug-likeness (QED) is 0.167. The number of hydrogen-bond acceptors (Lipinski definition) is 4. The molecule has 0 heterocycles. The van der Waals surface area contributed by atoms with Gasteiger partial charge in [0.2, 0.25) is 11.8 Å². The summed E-state index contributed by atoms with van der Waals surface area (Å²) in [5, 5.41) is 3.86. The Balaban J connectivity index is 1.82. The van der Waals surface area contributed by atoms with Gasteiger partial charge in [-0.25, -0.2) is 8.42 Å². The van der Waals surface area contributed by atoms with Crippen LogP contribution in [0.3, 0.4) is 0 Å². The summed E-state index contributed by atoms with van der Waals surface area (Å²) in [6, 6.07) is 26.8. The average molecular weight is 667 g/mol. The first-order valence-corrected chi connectivity index (χ1v) is 16.9. The molecule has 0 aliphatic carbocycles. The number of hydrogen-bond donors (Lipinski definition) is 1. The van der Waals surface area contributed by atoms with Crippen molar-refractivity contribution >= 4 is 50.7 Å². The normalized spacial score (nSPS) is 11.9. The molecule has 0 spiro atoms. The fraction of sp³-hybridized carbons (Fsp3) is 0.257. The number of carbonyl (C=O) groups is 2. The van der Waals surface area contributed by atoms with Crippen LogP contribution in [0.25, 0.3) is 0 Å². The minimum atomic E-state index is -4.21. The number of anilines is 1. The molecule has 236 valence electrons. The van der Waals surface area contributed by atoms with Crippen molar-refractivity contribution in [1.29, 1.82) is 0 Å². The molecule has 0 fully saturated rings. The predicted molar refractivity (Wildman–Crippen MR) is 181 cm³/mol. The molecule has 4 rings (SSSR count). The second kappa shape index (κ2) is 15.4. The molecular weight excluding hydrogens is 629 g/mol. The van der Waals surface area contributed by atoms with Gasteiger partial charge in [-0.3, -0.25) is 13.9 Å². The third-order valence-corrected chi connectivity index (χ3v) is 9.62. The molecule has 4 aromatic rings. The van der Waals surface area contributed by atoms with Crippen LogP contribution in [0.1, 0.15) is 35.6 Å². The topological polar surface area (TPSA) is 86.8 Å². The number of nitrogens with zero attached hydrogens (tertiary/aromatic N) is 2. The summed E-state index contributed by atoms with van der Waals surface area (Å²) in [5.41, 5.74) is 3.34. The molecule has 4 aromatic carbocycles. The molecular formula is C35H37Cl2N3O4S. The van der Waals surface area contributed by atoms with Gasteiger partial charge in [-0.2, -0.15) is 0 Å². The van der Waals surface area contributed by atoms with E-state index in [4.69, 9.17) is 23.2 Å². The van der Waals surface area contributed by atoms with Crippen molar-refractivity contribution in [3.8, 4) is 0 Å². The van der Waals surface area contributed by atoms with Crippen molar-refractivity contribution in [3.05, 3.63) is 129 Å². The lowest BCUT2D eigenvalue weighted by atomic mass is 10.0. The number of nitrogens with one attached hydrogen (secondary N) is 1. The minimum Gasteiger partial charge on any atom is -0.354 e. The van der Waals surface area contributed by atoms with E-state index >= 15 is 0 Å². The van der Waals surface area contributed by atoms with Crippen molar-refractivity contribution in [3.63, 3.8) is 0 Å². The third kappa shape index (κ3) is 8.87. The highest BCUT2D eigenvalue weighted by Crippen LogP contribution is 2.30. The highest BCUT2D eigenvalue weighted by molar-refractivity contribution is 7.92. The Hall–Kier alpha value is -3.85. The summed E-state index contributed by atoms with van der Waals surface area (Å²) >= 11 is 12.5. The van der Waals surface area contributed by atoms with Gasteiger partial charge in [-0.05, 0) is 79.4 Å². The zero-order valence-corrected chi connectivity index (χ0v) is 27.9. The molecule has 1 atom stereocenters. The second-order valence-corrected chi connectivity index (χ2v) is 13.6. The first-order chi connectivity index (χ1) is 21.5. The van der Waals surface area contributed by atoms with Gasteiger partial charge in [0.15, 0.2) is 0 Å². The lowest BCUT2D eigenvalue weighted by Crippen LogP contribution is -2.53. The van der Waals surface area contributed by atoms with E-state index in [0.29, 0.717) is 39.8 Å². The van der Waals surface area contributed by atoms with Crippen molar-refractivity contribution in [2.45, 2.75) is 51.1 Å². The second-order valence-electron chi connectivity index (χ2n) is 10.9. The first-order valence-electron chi connectivity index (χ1n) is 14.7. The summed E-state index contributed by atoms with van der Waals surface area (Å²) in [6.45, 7) is 5.47. The molecule has 7 nitrogen and oxygen atoms in total. The number of sulfonamides is 1. The molecule has 0 aromatic heterocycles. The van der Waals surface area contributed by atoms with Gasteiger partial charge in [0.25, 0.3) is 10.0 Å². The highest BCUT2D eigenvalue weighted by atomic mass is 35.5. The number of amides is 2. The predicted octanol–water partition coefficient (Wildman–Crippen LogP) is 6.97. The van der Waals surface area contributed by atoms with E-state index in [-0.39, 0.29) is 23.8 Å². The summed E-state index contributed by atoms with van der Waals surface area (Å²) in [7, 11) is -4.21. The first kappa shape index (κ1) is 34.0. The molecule has 0 bridgehead atoms. The van der Waals surface area contributed by atoms with Crippen LogP contribution >= 0.6 is 23.2 Å². The van der Waals surface area contributed by atoms with Gasteiger partial charge in [0.05, 0.1) is 10.6 Å². The number of carbonyl (C=O) groups excluding carboxylic acids is 2. The highest BCUT2D eigenvalue weighted by Gasteiger charge is 2.35. The van der Waals surface area contributed by atoms with Gasteiger partial charge in [0.1, 0.15) is 12.6 Å². The van der Waals surface area contributed by atoms with E-state index in [2.05, 4.69) is 5.32 Å². The lowest BCUT2D eigenvalue weighted by Gasteiger charge is -2.34. The molecule has 45 heavy (non-hydrogen) atoms. The Labute approximate surface area is 275 Å². The van der Waals surface area contributed by atoms with Crippen LogP contribution in [-0.4, -0.2) is 44.3 Å². The van der Waals surface area contributed by atoms with E-state index in [1.807, 2.05) is 50.2 Å². The average Bonchev–Trinajstić information content (AvgIpc) is 3.01. The fourth-order valence-corrected chi connectivity index (χ4v) is 6.92. The van der Waals surface area contributed by atoms with Crippen molar-refractivity contribution in [2.24, 2.45) is 0 Å². The standard InChI is InChI=1S/C35H37Cl2N3O4S/c1-4-19-38-35(42)33(22-27-9-6-5-7-10-27)39(23-28-11-8-12-29(36)21-28)34(41)24-40(32-18-15-30(37)20-26(32)3)45(43,44)31-16-13-25(2)14-17-31/h5-18,20-21,33H,4,19,22-24H2,1-3H3,(H,38,42)/t33-/m0/s1. The van der Waals surface area contributed by atoms with Gasteiger partial charge in [0, 0.05) is 29.6 Å². The fourth-order valence-electron chi connectivity index (χ4n) is 5.00. The van der Waals surface area contributed by atoms with E-state index < -0.39 is 28.5 Å². The molecule has 10 heteroatoms. The van der Waals surface area contributed by atoms with Crippen LogP contribution in [0.2, 0.25) is 10.0 Å². The number of benzene rings is 4. The summed E-state index contributed by atoms with van der Waals surface area (Å²) in [5.74, 6) is -0.876. The van der Waals surface area contributed by atoms with Gasteiger partial charge < -0.3 is 10.2 Å². The van der Waals surface area contributed by atoms with Gasteiger partial charge >= 0.3 is 0 Å². The van der Waals surface area contributed by atoms with E-state index in [1.54, 1.807) is 55.5 Å². The van der Waals surface area contributed by atoms with Crippen LogP contribution in [0, 0.1) is 13.8 Å². The molecule has 0 saturated carbocycles. The van der Waals surface area contributed by atoms with Crippen LogP contribution in [-0.2, 0) is 32.6 Å². The molecule has 1 N–H and O–H groups in total. The Bertz CT molecular complexity index is 1730. The number of rotatable bonds is 13. The monoisotopic (exact) mass is 665 g/mol. The summed E-state index contributed by atoms with van der Waals surface area (Å²) < 4.78 is 29.5. The molecule has 0 saturated heterocycles. The third-order valence-electron chi connectivity index (χ3n) is 7.38. The molecule has 2 amide bonds. The zero-order valence-electron chi connectivity index (χ0n) is 25.5. The Morgan fingerprint density at radius 2 is 1.49 bits per heavy atom. The Morgan fingerprint density at radius 1 is 0.822 bits per heavy atom. The van der Waals surface area contributed by atoms with Crippen LogP contribution in [0.5, 0.6) is 0 Å². The van der Waals surface area contributed by atoms with Crippen LogP contribution in [0.4, 0.5) is 5.69 Å². The smallest absolute Gasteiger partial charge is 0.264 e. The summed E-state index contributed by atoms with van der Waals surface area (Å²) in [4.78, 5) is 29.7.